The number of benzene rings is 2. The van der Waals surface area contributed by atoms with Crippen LogP contribution in [0.25, 0.3) is 0 Å². The number of nitrogens with one attached hydrogen (secondary N) is 1. The summed E-state index contributed by atoms with van der Waals surface area (Å²) in [6.45, 7) is 9.63. The number of carbonyl (C=O) groups is 1. The Hall–Kier alpha value is -2.17. The zero-order valence-corrected chi connectivity index (χ0v) is 16.6. The molecule has 1 aliphatic rings. The lowest BCUT2D eigenvalue weighted by atomic mass is 10.0. The first-order chi connectivity index (χ1) is 13.2. The molecule has 27 heavy (non-hydrogen) atoms. The van der Waals surface area contributed by atoms with Crippen molar-refractivity contribution in [2.24, 2.45) is 0 Å². The van der Waals surface area contributed by atoms with Crippen molar-refractivity contribution in [1.82, 2.24) is 9.80 Å². The third-order valence-electron chi connectivity index (χ3n) is 5.34. The molecule has 0 aliphatic carbocycles. The summed E-state index contributed by atoms with van der Waals surface area (Å²) in [5.41, 5.74) is 4.81. The first kappa shape index (κ1) is 19.6. The van der Waals surface area contributed by atoms with Crippen LogP contribution in [0.4, 0.5) is 5.69 Å². The van der Waals surface area contributed by atoms with Crippen LogP contribution in [0.5, 0.6) is 0 Å². The molecule has 0 bridgehead atoms. The van der Waals surface area contributed by atoms with Crippen LogP contribution in [-0.2, 0) is 24.2 Å². The van der Waals surface area contributed by atoms with Crippen molar-refractivity contribution >= 4 is 11.6 Å². The maximum absolute atomic E-state index is 12.6. The van der Waals surface area contributed by atoms with Gasteiger partial charge in [0.05, 0.1) is 6.54 Å². The molecule has 4 heteroatoms. The summed E-state index contributed by atoms with van der Waals surface area (Å²) in [4.78, 5) is 17.3. The number of para-hydroxylation sites is 1. The van der Waals surface area contributed by atoms with Crippen LogP contribution >= 0.6 is 0 Å². The maximum Gasteiger partial charge on any atom is 0.238 e. The predicted molar refractivity (Wildman–Crippen MR) is 112 cm³/mol. The second kappa shape index (κ2) is 9.67. The molecular formula is C23H31N3O. The summed E-state index contributed by atoms with van der Waals surface area (Å²) in [7, 11) is 0. The number of nitrogens with zero attached hydrogens (tertiary/aromatic N) is 2. The Morgan fingerprint density at radius 1 is 0.852 bits per heavy atom. The Morgan fingerprint density at radius 2 is 1.44 bits per heavy atom. The van der Waals surface area contributed by atoms with Crippen LogP contribution in [0, 0.1) is 0 Å². The lowest BCUT2D eigenvalue weighted by Crippen LogP contribution is -2.48. The Balaban J connectivity index is 1.50. The molecule has 0 unspecified atom stereocenters. The fourth-order valence-electron chi connectivity index (χ4n) is 3.73. The van der Waals surface area contributed by atoms with E-state index < -0.39 is 0 Å². The van der Waals surface area contributed by atoms with Gasteiger partial charge >= 0.3 is 0 Å². The second-order valence-electron chi connectivity index (χ2n) is 7.24. The molecule has 1 saturated heterocycles. The molecule has 0 radical (unpaired) electrons. The molecule has 3 rings (SSSR count). The van der Waals surface area contributed by atoms with Crippen molar-refractivity contribution in [3.05, 3.63) is 65.2 Å². The van der Waals surface area contributed by atoms with Gasteiger partial charge in [0, 0.05) is 38.4 Å². The van der Waals surface area contributed by atoms with E-state index in [4.69, 9.17) is 0 Å². The molecular weight excluding hydrogens is 334 g/mol. The van der Waals surface area contributed by atoms with Gasteiger partial charge in [-0.2, -0.15) is 0 Å². The molecule has 1 heterocycles. The van der Waals surface area contributed by atoms with Gasteiger partial charge < -0.3 is 5.32 Å². The molecule has 2 aromatic carbocycles. The Kier molecular flexibility index (Phi) is 7.02. The van der Waals surface area contributed by atoms with Crippen molar-refractivity contribution in [3.63, 3.8) is 0 Å². The van der Waals surface area contributed by atoms with E-state index in [1.165, 1.54) is 16.7 Å². The van der Waals surface area contributed by atoms with Crippen LogP contribution in [-0.4, -0.2) is 48.4 Å². The van der Waals surface area contributed by atoms with Crippen LogP contribution in [0.3, 0.4) is 0 Å². The minimum atomic E-state index is 0.0992. The van der Waals surface area contributed by atoms with Gasteiger partial charge in [-0.05, 0) is 29.5 Å². The summed E-state index contributed by atoms with van der Waals surface area (Å²) >= 11 is 0. The molecule has 144 valence electrons. The van der Waals surface area contributed by atoms with E-state index in [0.717, 1.165) is 51.3 Å². The van der Waals surface area contributed by atoms with Crippen molar-refractivity contribution < 1.29 is 4.79 Å². The molecule has 0 spiro atoms. The fraction of sp³-hybridized carbons (Fsp3) is 0.435. The van der Waals surface area contributed by atoms with Crippen LogP contribution in [0.15, 0.2) is 48.5 Å². The Morgan fingerprint density at radius 3 is 2.04 bits per heavy atom. The summed E-state index contributed by atoms with van der Waals surface area (Å²) in [6.07, 6.45) is 1.86. The zero-order valence-electron chi connectivity index (χ0n) is 16.6. The second-order valence-corrected chi connectivity index (χ2v) is 7.24. The minimum Gasteiger partial charge on any atom is -0.324 e. The number of hydrogen-bond acceptors (Lipinski definition) is 3. The molecule has 0 aromatic heterocycles. The smallest absolute Gasteiger partial charge is 0.238 e. The standard InChI is InChI=1S/C23H31N3O/c1-3-20-11-8-12-21(4-2)23(20)24-22(27)18-26-15-13-25(14-16-26)17-19-9-6-5-7-10-19/h5-12H,3-4,13-18H2,1-2H3,(H,24,27). The molecule has 4 nitrogen and oxygen atoms in total. The Bertz CT molecular complexity index is 714. The highest BCUT2D eigenvalue weighted by atomic mass is 16.2. The number of rotatable bonds is 7. The minimum absolute atomic E-state index is 0.0992. The highest BCUT2D eigenvalue weighted by Gasteiger charge is 2.19. The number of carbonyl (C=O) groups excluding carboxylic acids is 1. The summed E-state index contributed by atoms with van der Waals surface area (Å²) in [6, 6.07) is 16.9. The predicted octanol–water partition coefficient (Wildman–Crippen LogP) is 3.57. The highest BCUT2D eigenvalue weighted by molar-refractivity contribution is 5.93. The number of amides is 1. The third kappa shape index (κ3) is 5.41. The fourth-order valence-corrected chi connectivity index (χ4v) is 3.73. The van der Waals surface area contributed by atoms with Gasteiger partial charge in [0.15, 0.2) is 0 Å². The van der Waals surface area contributed by atoms with Crippen LogP contribution in [0.2, 0.25) is 0 Å². The van der Waals surface area contributed by atoms with Gasteiger partial charge in [-0.25, -0.2) is 0 Å². The normalized spacial score (nSPS) is 15.6. The van der Waals surface area contributed by atoms with Crippen molar-refractivity contribution in [3.8, 4) is 0 Å². The quantitative estimate of drug-likeness (QED) is 0.815. The topological polar surface area (TPSA) is 35.6 Å². The number of hydrogen-bond donors (Lipinski definition) is 1. The van der Waals surface area contributed by atoms with E-state index in [9.17, 15) is 4.79 Å². The highest BCUT2D eigenvalue weighted by Crippen LogP contribution is 2.22. The van der Waals surface area contributed by atoms with Crippen LogP contribution < -0.4 is 5.32 Å². The number of piperazine rings is 1. The lowest BCUT2D eigenvalue weighted by Gasteiger charge is -2.34. The molecule has 1 fully saturated rings. The lowest BCUT2D eigenvalue weighted by molar-refractivity contribution is -0.117. The number of aryl methyl sites for hydroxylation is 2. The van der Waals surface area contributed by atoms with E-state index in [0.29, 0.717) is 6.54 Å². The van der Waals surface area contributed by atoms with Gasteiger partial charge in [0.2, 0.25) is 5.91 Å². The van der Waals surface area contributed by atoms with Gasteiger partial charge in [0.25, 0.3) is 0 Å². The van der Waals surface area contributed by atoms with E-state index in [-0.39, 0.29) is 5.91 Å². The van der Waals surface area contributed by atoms with Gasteiger partial charge in [-0.1, -0.05) is 62.4 Å². The average Bonchev–Trinajstić information content (AvgIpc) is 2.70. The van der Waals surface area contributed by atoms with Crippen molar-refractivity contribution in [2.45, 2.75) is 33.2 Å². The number of anilines is 1. The molecule has 1 N–H and O–H groups in total. The SMILES string of the molecule is CCc1cccc(CC)c1NC(=O)CN1CCN(Cc2ccccc2)CC1. The van der Waals surface area contributed by atoms with Crippen LogP contribution in [0.1, 0.15) is 30.5 Å². The molecule has 1 amide bonds. The zero-order chi connectivity index (χ0) is 19.1. The molecule has 1 aliphatic heterocycles. The van der Waals surface area contributed by atoms with E-state index >= 15 is 0 Å². The van der Waals surface area contributed by atoms with E-state index in [2.05, 4.69) is 77.5 Å². The average molecular weight is 366 g/mol. The van der Waals surface area contributed by atoms with Gasteiger partial charge in [-0.3, -0.25) is 14.6 Å². The monoisotopic (exact) mass is 365 g/mol. The third-order valence-corrected chi connectivity index (χ3v) is 5.34. The summed E-state index contributed by atoms with van der Waals surface area (Å²) in [5.74, 6) is 0.0992. The first-order valence-corrected chi connectivity index (χ1v) is 10.1. The van der Waals surface area contributed by atoms with E-state index in [1.54, 1.807) is 0 Å². The van der Waals surface area contributed by atoms with Gasteiger partial charge in [0.1, 0.15) is 0 Å². The van der Waals surface area contributed by atoms with E-state index in [1.807, 2.05) is 0 Å². The molecule has 2 aromatic rings. The molecule has 0 saturated carbocycles. The largest absolute Gasteiger partial charge is 0.324 e. The summed E-state index contributed by atoms with van der Waals surface area (Å²) < 4.78 is 0. The van der Waals surface area contributed by atoms with Gasteiger partial charge in [-0.15, -0.1) is 0 Å². The summed E-state index contributed by atoms with van der Waals surface area (Å²) in [5, 5.41) is 3.19. The first-order valence-electron chi connectivity index (χ1n) is 10.1. The van der Waals surface area contributed by atoms with Crippen molar-refractivity contribution in [2.75, 3.05) is 38.0 Å². The Labute approximate surface area is 163 Å². The maximum atomic E-state index is 12.6. The molecule has 0 atom stereocenters. The van der Waals surface area contributed by atoms with Crippen molar-refractivity contribution in [1.29, 1.82) is 0 Å².